The highest BCUT2D eigenvalue weighted by atomic mass is 19.3. The highest BCUT2D eigenvalue weighted by Gasteiger charge is 2.53. The molecule has 0 spiro atoms. The van der Waals surface area contributed by atoms with Crippen LogP contribution in [0.15, 0.2) is 12.1 Å². The van der Waals surface area contributed by atoms with Crippen LogP contribution in [0.2, 0.25) is 0 Å². The van der Waals surface area contributed by atoms with Gasteiger partial charge in [0, 0.05) is 11.0 Å². The fraction of sp³-hybridized carbons (Fsp3) is 0.571. The monoisotopic (exact) mass is 284 g/mol. The predicted molar refractivity (Wildman–Crippen MR) is 73.5 cm³/mol. The van der Waals surface area contributed by atoms with E-state index in [4.69, 9.17) is 9.31 Å². The fourth-order valence-corrected chi connectivity index (χ4v) is 2.23. The lowest BCUT2D eigenvalue weighted by atomic mass is 9.74. The van der Waals surface area contributed by atoms with E-state index in [1.165, 1.54) is 12.1 Å². The zero-order chi connectivity index (χ0) is 15.3. The average Bonchev–Trinajstić information content (AvgIpc) is 2.47. The molecule has 1 aliphatic heterocycles. The maximum atomic E-state index is 13.0. The third kappa shape index (κ3) is 2.31. The number of benzene rings is 1. The van der Waals surface area contributed by atoms with Crippen molar-refractivity contribution in [2.75, 3.05) is 0 Å². The third-order valence-corrected chi connectivity index (χ3v) is 4.26. The van der Waals surface area contributed by atoms with Crippen LogP contribution in [-0.2, 0) is 9.31 Å². The van der Waals surface area contributed by atoms with Crippen LogP contribution in [0.5, 0.6) is 5.75 Å². The van der Waals surface area contributed by atoms with E-state index in [1.54, 1.807) is 6.92 Å². The Morgan fingerprint density at radius 3 is 2.05 bits per heavy atom. The second kappa shape index (κ2) is 4.70. The van der Waals surface area contributed by atoms with Crippen LogP contribution in [0.3, 0.4) is 0 Å². The number of halogens is 2. The Hall–Kier alpha value is -1.14. The highest BCUT2D eigenvalue weighted by molar-refractivity contribution is 6.63. The van der Waals surface area contributed by atoms with Crippen molar-refractivity contribution in [3.8, 4) is 5.75 Å². The fourth-order valence-electron chi connectivity index (χ4n) is 2.23. The minimum absolute atomic E-state index is 0.0922. The molecule has 1 N–H and O–H groups in total. The van der Waals surface area contributed by atoms with Crippen LogP contribution in [0.25, 0.3) is 0 Å². The molecule has 0 amide bonds. The lowest BCUT2D eigenvalue weighted by molar-refractivity contribution is 0.00578. The van der Waals surface area contributed by atoms with E-state index in [9.17, 15) is 13.9 Å². The molecule has 2 rings (SSSR count). The number of hydrogen-bond acceptors (Lipinski definition) is 3. The van der Waals surface area contributed by atoms with Crippen molar-refractivity contribution in [2.24, 2.45) is 0 Å². The van der Waals surface area contributed by atoms with Gasteiger partial charge in [-0.15, -0.1) is 0 Å². The first-order chi connectivity index (χ1) is 9.07. The van der Waals surface area contributed by atoms with E-state index in [-0.39, 0.29) is 16.8 Å². The van der Waals surface area contributed by atoms with Crippen molar-refractivity contribution in [1.82, 2.24) is 0 Å². The number of rotatable bonds is 2. The Balaban J connectivity index is 2.47. The predicted octanol–water partition coefficient (Wildman–Crippen LogP) is 2.94. The van der Waals surface area contributed by atoms with Crippen LogP contribution in [0, 0.1) is 6.92 Å². The average molecular weight is 284 g/mol. The van der Waals surface area contributed by atoms with E-state index < -0.39 is 24.7 Å². The Labute approximate surface area is 118 Å². The quantitative estimate of drug-likeness (QED) is 0.849. The molecule has 0 radical (unpaired) electrons. The molecule has 1 aromatic rings. The van der Waals surface area contributed by atoms with Crippen LogP contribution < -0.4 is 5.46 Å². The summed E-state index contributed by atoms with van der Waals surface area (Å²) in [5, 5.41) is 9.99. The smallest absolute Gasteiger partial charge is 0.498 e. The largest absolute Gasteiger partial charge is 0.508 e. The van der Waals surface area contributed by atoms with Gasteiger partial charge in [-0.25, -0.2) is 8.78 Å². The molecule has 6 heteroatoms. The van der Waals surface area contributed by atoms with Crippen LogP contribution in [-0.4, -0.2) is 23.4 Å². The summed E-state index contributed by atoms with van der Waals surface area (Å²) in [6, 6.07) is 2.49. The lowest BCUT2D eigenvalue weighted by Gasteiger charge is -2.32. The van der Waals surface area contributed by atoms with Crippen molar-refractivity contribution in [2.45, 2.75) is 52.2 Å². The van der Waals surface area contributed by atoms with Gasteiger partial charge in [-0.1, -0.05) is 0 Å². The molecule has 1 aliphatic rings. The molecule has 20 heavy (non-hydrogen) atoms. The standard InChI is InChI=1S/C14H19BF2O3/c1-8-9(12(16)17)6-7-10(18)11(8)15-19-13(2,3)14(4,5)20-15/h6-7,12,18H,1-5H3. The van der Waals surface area contributed by atoms with E-state index in [2.05, 4.69) is 0 Å². The molecule has 1 aromatic carbocycles. The van der Waals surface area contributed by atoms with Crippen LogP contribution in [0.4, 0.5) is 8.78 Å². The van der Waals surface area contributed by atoms with E-state index in [1.807, 2.05) is 27.7 Å². The number of aromatic hydroxyl groups is 1. The molecular formula is C14H19BF2O3. The Morgan fingerprint density at radius 1 is 1.10 bits per heavy atom. The molecule has 0 aliphatic carbocycles. The van der Waals surface area contributed by atoms with Gasteiger partial charge >= 0.3 is 7.12 Å². The summed E-state index contributed by atoms with van der Waals surface area (Å²) in [6.45, 7) is 9.03. The van der Waals surface area contributed by atoms with Gasteiger partial charge in [0.1, 0.15) is 5.75 Å². The lowest BCUT2D eigenvalue weighted by Crippen LogP contribution is -2.41. The van der Waals surface area contributed by atoms with Crippen molar-refractivity contribution < 1.29 is 23.2 Å². The zero-order valence-corrected chi connectivity index (χ0v) is 12.3. The summed E-state index contributed by atoms with van der Waals surface area (Å²) < 4.78 is 37.6. The van der Waals surface area contributed by atoms with E-state index in [0.29, 0.717) is 5.56 Å². The van der Waals surface area contributed by atoms with Crippen molar-refractivity contribution in [3.05, 3.63) is 23.3 Å². The Bertz CT molecular complexity index is 513. The summed E-state index contributed by atoms with van der Waals surface area (Å²) in [5.41, 5.74) is -0.707. The van der Waals surface area contributed by atoms with Gasteiger partial charge in [0.2, 0.25) is 0 Å². The molecule has 110 valence electrons. The van der Waals surface area contributed by atoms with Crippen LogP contribution >= 0.6 is 0 Å². The maximum absolute atomic E-state index is 13.0. The Kier molecular flexibility index (Phi) is 3.59. The first-order valence-corrected chi connectivity index (χ1v) is 6.53. The number of hydrogen-bond donors (Lipinski definition) is 1. The van der Waals surface area contributed by atoms with Crippen molar-refractivity contribution in [3.63, 3.8) is 0 Å². The van der Waals surface area contributed by atoms with Gasteiger partial charge in [-0.2, -0.15) is 0 Å². The first-order valence-electron chi connectivity index (χ1n) is 6.53. The van der Waals surface area contributed by atoms with Gasteiger partial charge in [0.05, 0.1) is 11.2 Å². The minimum atomic E-state index is -2.60. The number of alkyl halides is 2. The topological polar surface area (TPSA) is 38.7 Å². The zero-order valence-electron chi connectivity index (χ0n) is 12.3. The maximum Gasteiger partial charge on any atom is 0.498 e. The molecule has 0 unspecified atom stereocenters. The molecule has 0 atom stereocenters. The molecule has 1 fully saturated rings. The summed E-state index contributed by atoms with van der Waals surface area (Å²) in [4.78, 5) is 0. The molecule has 1 heterocycles. The molecule has 0 bridgehead atoms. The summed E-state index contributed by atoms with van der Waals surface area (Å²) in [7, 11) is -0.848. The van der Waals surface area contributed by atoms with E-state index >= 15 is 0 Å². The number of phenols is 1. The minimum Gasteiger partial charge on any atom is -0.508 e. The van der Waals surface area contributed by atoms with Gasteiger partial charge in [-0.3, -0.25) is 0 Å². The summed E-state index contributed by atoms with van der Waals surface area (Å²) in [6.07, 6.45) is -2.60. The SMILES string of the molecule is Cc1c(C(F)F)ccc(O)c1B1OC(C)(C)C(C)(C)O1. The van der Waals surface area contributed by atoms with Gasteiger partial charge in [-0.05, 0) is 52.3 Å². The first kappa shape index (κ1) is 15.3. The molecule has 3 nitrogen and oxygen atoms in total. The second-order valence-electron chi connectivity index (χ2n) is 6.10. The van der Waals surface area contributed by atoms with E-state index in [0.717, 1.165) is 0 Å². The summed E-state index contributed by atoms with van der Waals surface area (Å²) >= 11 is 0. The van der Waals surface area contributed by atoms with Crippen molar-refractivity contribution in [1.29, 1.82) is 0 Å². The van der Waals surface area contributed by atoms with Crippen LogP contribution in [0.1, 0.15) is 45.2 Å². The van der Waals surface area contributed by atoms with Gasteiger partial charge in [0.25, 0.3) is 6.43 Å². The van der Waals surface area contributed by atoms with Gasteiger partial charge < -0.3 is 14.4 Å². The normalized spacial score (nSPS) is 20.7. The van der Waals surface area contributed by atoms with Crippen molar-refractivity contribution >= 4 is 12.6 Å². The number of phenolic OH excluding ortho intramolecular Hbond substituents is 1. The molecular weight excluding hydrogens is 265 g/mol. The third-order valence-electron chi connectivity index (χ3n) is 4.26. The summed E-state index contributed by atoms with van der Waals surface area (Å²) in [5.74, 6) is -0.0922. The Morgan fingerprint density at radius 2 is 1.60 bits per heavy atom. The molecule has 0 aromatic heterocycles. The van der Waals surface area contributed by atoms with Gasteiger partial charge in [0.15, 0.2) is 0 Å². The molecule has 0 saturated carbocycles. The second-order valence-corrected chi connectivity index (χ2v) is 6.10. The highest BCUT2D eigenvalue weighted by Crippen LogP contribution is 2.38. The molecule has 1 saturated heterocycles.